The van der Waals surface area contributed by atoms with Crippen LogP contribution in [0, 0.1) is 10.8 Å². The number of nitrogens with one attached hydrogen (secondary N) is 5. The first-order valence-electron chi connectivity index (χ1n) is 14.1. The molecule has 13 nitrogen and oxygen atoms in total. The molecule has 1 heterocycles. The minimum Gasteiger partial charge on any atom is -0.384 e. The number of nitrogens with two attached hydrogens (primary N) is 3. The van der Waals surface area contributed by atoms with Crippen LogP contribution < -0.4 is 33.2 Å². The number of amidine groups is 1. The lowest BCUT2D eigenvalue weighted by atomic mass is 9.91. The maximum Gasteiger partial charge on any atom is 0.245 e. The third kappa shape index (κ3) is 10.8. The first kappa shape index (κ1) is 33.2. The van der Waals surface area contributed by atoms with Crippen LogP contribution in [0.3, 0.4) is 0 Å². The van der Waals surface area contributed by atoms with E-state index in [0.29, 0.717) is 24.1 Å². The van der Waals surface area contributed by atoms with Crippen LogP contribution in [0.25, 0.3) is 0 Å². The van der Waals surface area contributed by atoms with E-state index in [1.165, 1.54) is 0 Å². The van der Waals surface area contributed by atoms with Crippen molar-refractivity contribution in [3.05, 3.63) is 101 Å². The minimum atomic E-state index is -1.15. The smallest absolute Gasteiger partial charge is 0.245 e. The van der Waals surface area contributed by atoms with E-state index in [1.54, 1.807) is 48.8 Å². The number of amides is 3. The highest BCUT2D eigenvalue weighted by atomic mass is 16.5. The van der Waals surface area contributed by atoms with Crippen LogP contribution in [0.4, 0.5) is 0 Å². The highest BCUT2D eigenvalue weighted by Crippen LogP contribution is 2.21. The van der Waals surface area contributed by atoms with Crippen LogP contribution in [0.5, 0.6) is 0 Å². The van der Waals surface area contributed by atoms with E-state index in [-0.39, 0.29) is 37.9 Å². The molecule has 2 aromatic carbocycles. The largest absolute Gasteiger partial charge is 0.384 e. The van der Waals surface area contributed by atoms with Gasteiger partial charge in [-0.05, 0) is 42.0 Å². The Morgan fingerprint density at radius 2 is 1.55 bits per heavy atom. The fraction of sp³-hybridized carbons (Fsp3) is 0.290. The maximum absolute atomic E-state index is 13.8. The summed E-state index contributed by atoms with van der Waals surface area (Å²) in [6.07, 6.45) is 4.07. The van der Waals surface area contributed by atoms with Gasteiger partial charge in [0.1, 0.15) is 17.9 Å². The molecule has 11 N–H and O–H groups in total. The molecule has 232 valence electrons. The van der Waals surface area contributed by atoms with Crippen LogP contribution in [0.15, 0.2) is 79.1 Å². The highest BCUT2D eigenvalue weighted by molar-refractivity contribution is 5.95. The molecule has 0 saturated carbocycles. The number of carbonyl (C=O) groups is 3. The van der Waals surface area contributed by atoms with Gasteiger partial charge in [-0.1, -0.05) is 60.7 Å². The minimum absolute atomic E-state index is 0.0631. The van der Waals surface area contributed by atoms with Crippen LogP contribution >= 0.6 is 0 Å². The summed E-state index contributed by atoms with van der Waals surface area (Å²) in [6, 6.07) is 17.7. The van der Waals surface area contributed by atoms with Gasteiger partial charge in [0.15, 0.2) is 5.96 Å². The molecule has 0 aliphatic carbocycles. The molecule has 0 bridgehead atoms. The fourth-order valence-corrected chi connectivity index (χ4v) is 4.41. The summed E-state index contributed by atoms with van der Waals surface area (Å²) < 4.78 is 5.83. The normalized spacial score (nSPS) is 12.7. The molecule has 3 amide bonds. The molecule has 3 atom stereocenters. The number of hydrogen-bond donors (Lipinski definition) is 8. The van der Waals surface area contributed by atoms with Gasteiger partial charge < -0.3 is 37.9 Å². The number of rotatable bonds is 17. The van der Waals surface area contributed by atoms with Crippen molar-refractivity contribution in [1.82, 2.24) is 20.9 Å². The monoisotopic (exact) mass is 601 g/mol. The number of benzene rings is 2. The first-order chi connectivity index (χ1) is 21.1. The molecule has 3 aromatic rings. The van der Waals surface area contributed by atoms with Gasteiger partial charge >= 0.3 is 0 Å². The number of ether oxygens (including phenoxy) is 1. The Hall–Kier alpha value is -5.30. The zero-order valence-electron chi connectivity index (χ0n) is 24.3. The number of aromatic nitrogens is 1. The summed E-state index contributed by atoms with van der Waals surface area (Å²) in [5.41, 5.74) is 19.3. The number of nitrogens with zero attached hydrogens (tertiary/aromatic N) is 1. The lowest BCUT2D eigenvalue weighted by Gasteiger charge is -2.25. The SMILES string of the molecule is N=C(N)NCCC[C@H](NC(=O)[C@H](COCc1ccccc1)NC(=O)[C@H](Cc1ccc(C(=N)N)cc1)c1cccnc1)C(N)=O. The summed E-state index contributed by atoms with van der Waals surface area (Å²) in [5, 5.41) is 23.0. The number of primary amides is 1. The zero-order valence-corrected chi connectivity index (χ0v) is 24.3. The van der Waals surface area contributed by atoms with Gasteiger partial charge in [-0.3, -0.25) is 30.2 Å². The Morgan fingerprint density at radius 3 is 2.16 bits per heavy atom. The first-order valence-corrected chi connectivity index (χ1v) is 14.1. The van der Waals surface area contributed by atoms with Gasteiger partial charge in [-0.25, -0.2) is 0 Å². The van der Waals surface area contributed by atoms with Crippen molar-refractivity contribution in [2.45, 2.75) is 43.9 Å². The van der Waals surface area contributed by atoms with Gasteiger partial charge in [0.25, 0.3) is 0 Å². The Kier molecular flexibility index (Phi) is 12.8. The molecule has 0 fully saturated rings. The maximum atomic E-state index is 13.8. The second-order valence-corrected chi connectivity index (χ2v) is 10.2. The molecular formula is C31H39N9O4. The van der Waals surface area contributed by atoms with Crippen molar-refractivity contribution in [3.63, 3.8) is 0 Å². The molecule has 0 spiro atoms. The molecule has 1 aromatic heterocycles. The van der Waals surface area contributed by atoms with E-state index in [4.69, 9.17) is 32.8 Å². The molecule has 3 rings (SSSR count). The Morgan fingerprint density at radius 1 is 0.841 bits per heavy atom. The average Bonchev–Trinajstić information content (AvgIpc) is 3.01. The molecule has 0 aliphatic heterocycles. The van der Waals surface area contributed by atoms with E-state index in [1.807, 2.05) is 30.3 Å². The topological polar surface area (TPSA) is 235 Å². The van der Waals surface area contributed by atoms with E-state index in [9.17, 15) is 14.4 Å². The van der Waals surface area contributed by atoms with Crippen LogP contribution in [-0.4, -0.2) is 59.7 Å². The van der Waals surface area contributed by atoms with Gasteiger partial charge in [-0.2, -0.15) is 0 Å². The van der Waals surface area contributed by atoms with Crippen molar-refractivity contribution < 1.29 is 19.1 Å². The van der Waals surface area contributed by atoms with Gasteiger partial charge in [-0.15, -0.1) is 0 Å². The Labute approximate surface area is 256 Å². The molecular weight excluding hydrogens is 562 g/mol. The zero-order chi connectivity index (χ0) is 31.9. The number of nitrogen functional groups attached to an aromatic ring is 1. The predicted octanol–water partition coefficient (Wildman–Crippen LogP) is 0.627. The summed E-state index contributed by atoms with van der Waals surface area (Å²) in [5.74, 6) is -2.81. The number of carbonyl (C=O) groups excluding carboxylic acids is 3. The van der Waals surface area contributed by atoms with E-state index in [2.05, 4.69) is 20.9 Å². The molecule has 44 heavy (non-hydrogen) atoms. The Bertz CT molecular complexity index is 1400. The highest BCUT2D eigenvalue weighted by Gasteiger charge is 2.29. The molecule has 0 aliphatic rings. The number of guanidine groups is 1. The second kappa shape index (κ2) is 17.0. The summed E-state index contributed by atoms with van der Waals surface area (Å²) in [7, 11) is 0. The predicted molar refractivity (Wildman–Crippen MR) is 166 cm³/mol. The lowest BCUT2D eigenvalue weighted by Crippen LogP contribution is -2.55. The van der Waals surface area contributed by atoms with Crippen LogP contribution in [0.2, 0.25) is 0 Å². The quantitative estimate of drug-likeness (QED) is 0.0619. The lowest BCUT2D eigenvalue weighted by molar-refractivity contribution is -0.133. The molecule has 0 radical (unpaired) electrons. The molecule has 0 unspecified atom stereocenters. The molecule has 13 heteroatoms. The van der Waals surface area contributed by atoms with Crippen molar-refractivity contribution in [1.29, 1.82) is 10.8 Å². The number of pyridine rings is 1. The summed E-state index contributed by atoms with van der Waals surface area (Å²) >= 11 is 0. The van der Waals surface area contributed by atoms with Gasteiger partial charge in [0.2, 0.25) is 17.7 Å². The third-order valence-corrected chi connectivity index (χ3v) is 6.78. The van der Waals surface area contributed by atoms with Crippen LogP contribution in [-0.2, 0) is 32.1 Å². The van der Waals surface area contributed by atoms with E-state index in [0.717, 1.165) is 11.1 Å². The Balaban J connectivity index is 1.79. The van der Waals surface area contributed by atoms with Crippen molar-refractivity contribution in [2.75, 3.05) is 13.2 Å². The molecule has 0 saturated heterocycles. The third-order valence-electron chi connectivity index (χ3n) is 6.78. The fourth-order valence-electron chi connectivity index (χ4n) is 4.41. The van der Waals surface area contributed by atoms with Gasteiger partial charge in [0, 0.05) is 24.5 Å². The van der Waals surface area contributed by atoms with Crippen molar-refractivity contribution in [3.8, 4) is 0 Å². The second-order valence-electron chi connectivity index (χ2n) is 10.2. The van der Waals surface area contributed by atoms with Crippen molar-refractivity contribution in [2.24, 2.45) is 17.2 Å². The number of hydrogen-bond acceptors (Lipinski definition) is 7. The van der Waals surface area contributed by atoms with E-state index >= 15 is 0 Å². The van der Waals surface area contributed by atoms with Crippen molar-refractivity contribution >= 4 is 29.5 Å². The average molecular weight is 602 g/mol. The van der Waals surface area contributed by atoms with E-state index < -0.39 is 35.7 Å². The summed E-state index contributed by atoms with van der Waals surface area (Å²) in [4.78, 5) is 43.6. The standard InChI is InChI=1S/C31H39N9O4/c32-27(33)22-12-10-20(11-13-22)16-24(23-8-4-14-37-17-23)29(42)40-26(19-44-18-21-6-2-1-3-7-21)30(43)39-25(28(34)41)9-5-15-38-31(35)36/h1-4,6-8,10-14,17,24-26H,5,9,15-16,18-19H2,(H3,32,33)(H2,34,41)(H,39,43)(H,40,42)(H4,35,36,38)/t24-,25+,26+/m1/s1. The summed E-state index contributed by atoms with van der Waals surface area (Å²) in [6.45, 7) is 0.345. The van der Waals surface area contributed by atoms with Crippen LogP contribution in [0.1, 0.15) is 41.0 Å². The van der Waals surface area contributed by atoms with Gasteiger partial charge in [0.05, 0.1) is 19.1 Å².